The number of likely N-dealkylation sites (tertiary alicyclic amines) is 1. The van der Waals surface area contributed by atoms with Crippen LogP contribution in [0.4, 0.5) is 0 Å². The summed E-state index contributed by atoms with van der Waals surface area (Å²) >= 11 is 1.32. The van der Waals surface area contributed by atoms with Crippen molar-refractivity contribution in [3.05, 3.63) is 21.9 Å². The average Bonchev–Trinajstić information content (AvgIpc) is 2.72. The fourth-order valence-electron chi connectivity index (χ4n) is 2.00. The highest BCUT2D eigenvalue weighted by molar-refractivity contribution is 7.10. The normalized spacial score (nSPS) is 27.1. The third-order valence-corrected chi connectivity index (χ3v) is 3.86. The molecular weight excluding hydrogens is 214 g/mol. The van der Waals surface area contributed by atoms with Gasteiger partial charge in [0.1, 0.15) is 5.60 Å². The molecule has 1 aliphatic heterocycles. The first-order valence-electron chi connectivity index (χ1n) is 4.75. The van der Waals surface area contributed by atoms with Crippen molar-refractivity contribution in [2.45, 2.75) is 12.0 Å². The van der Waals surface area contributed by atoms with Crippen LogP contribution in [0.5, 0.6) is 0 Å². The summed E-state index contributed by atoms with van der Waals surface area (Å²) in [5.74, 6) is -0.964. The molecule has 1 aromatic heterocycles. The molecule has 0 spiro atoms. The first-order valence-corrected chi connectivity index (χ1v) is 5.63. The van der Waals surface area contributed by atoms with E-state index in [-0.39, 0.29) is 5.56 Å². The van der Waals surface area contributed by atoms with Crippen LogP contribution in [0.3, 0.4) is 0 Å². The number of β-amino-alcohol motifs (C(OH)–C–C–N with tert-alkyl or cyclic N) is 1. The summed E-state index contributed by atoms with van der Waals surface area (Å²) in [5.41, 5.74) is -0.741. The lowest BCUT2D eigenvalue weighted by atomic mass is 9.98. The second-order valence-corrected chi connectivity index (χ2v) is 4.90. The van der Waals surface area contributed by atoms with Crippen molar-refractivity contribution in [3.63, 3.8) is 0 Å². The van der Waals surface area contributed by atoms with Crippen LogP contribution >= 0.6 is 11.3 Å². The van der Waals surface area contributed by atoms with Crippen molar-refractivity contribution in [2.75, 3.05) is 20.1 Å². The van der Waals surface area contributed by atoms with Gasteiger partial charge in [-0.1, -0.05) is 0 Å². The molecule has 15 heavy (non-hydrogen) atoms. The summed E-state index contributed by atoms with van der Waals surface area (Å²) in [6, 6.07) is 1.55. The molecule has 2 N–H and O–H groups in total. The zero-order valence-corrected chi connectivity index (χ0v) is 9.25. The minimum atomic E-state index is -0.976. The lowest BCUT2D eigenvalue weighted by Gasteiger charge is -2.21. The SMILES string of the molecule is CN1CCC(O)(c2sccc2C(=O)O)C1. The third-order valence-electron chi connectivity index (χ3n) is 2.76. The molecule has 4 nitrogen and oxygen atoms in total. The summed E-state index contributed by atoms with van der Waals surface area (Å²) in [6.07, 6.45) is 0.601. The fourth-order valence-corrected chi connectivity index (χ4v) is 3.01. The highest BCUT2D eigenvalue weighted by atomic mass is 32.1. The van der Waals surface area contributed by atoms with E-state index >= 15 is 0 Å². The molecule has 1 fully saturated rings. The van der Waals surface area contributed by atoms with Crippen molar-refractivity contribution in [2.24, 2.45) is 0 Å². The van der Waals surface area contributed by atoms with E-state index in [0.29, 0.717) is 17.8 Å². The number of carbonyl (C=O) groups is 1. The summed E-state index contributed by atoms with van der Waals surface area (Å²) < 4.78 is 0. The molecule has 2 heterocycles. The summed E-state index contributed by atoms with van der Waals surface area (Å²) in [7, 11) is 1.92. The van der Waals surface area contributed by atoms with Crippen molar-refractivity contribution in [1.29, 1.82) is 0 Å². The Kier molecular flexibility index (Phi) is 2.54. The predicted molar refractivity (Wildman–Crippen MR) is 57.3 cm³/mol. The van der Waals surface area contributed by atoms with Gasteiger partial charge in [0.05, 0.1) is 10.4 Å². The zero-order valence-electron chi connectivity index (χ0n) is 8.43. The van der Waals surface area contributed by atoms with Gasteiger partial charge in [-0.2, -0.15) is 0 Å². The maximum Gasteiger partial charge on any atom is 0.336 e. The molecular formula is C10H13NO3S. The maximum atomic E-state index is 10.9. The predicted octanol–water partition coefficient (Wildman–Crippen LogP) is 0.969. The number of nitrogens with zero attached hydrogens (tertiary/aromatic N) is 1. The van der Waals surface area contributed by atoms with E-state index in [4.69, 9.17) is 5.11 Å². The second-order valence-electron chi connectivity index (χ2n) is 3.99. The van der Waals surface area contributed by atoms with Gasteiger partial charge >= 0.3 is 5.97 Å². The van der Waals surface area contributed by atoms with Gasteiger partial charge in [-0.05, 0) is 24.9 Å². The molecule has 1 unspecified atom stereocenters. The molecule has 5 heteroatoms. The molecule has 82 valence electrons. The molecule has 1 saturated heterocycles. The fraction of sp³-hybridized carbons (Fsp3) is 0.500. The molecule has 1 aromatic rings. The number of rotatable bonds is 2. The Morgan fingerprint density at radius 2 is 2.40 bits per heavy atom. The molecule has 1 aliphatic rings. The monoisotopic (exact) mass is 227 g/mol. The summed E-state index contributed by atoms with van der Waals surface area (Å²) in [6.45, 7) is 1.31. The van der Waals surface area contributed by atoms with Crippen LogP contribution in [0.2, 0.25) is 0 Å². The van der Waals surface area contributed by atoms with E-state index in [2.05, 4.69) is 0 Å². The Bertz CT molecular complexity index is 390. The number of hydrogen-bond acceptors (Lipinski definition) is 4. The first kappa shape index (κ1) is 10.6. The molecule has 0 amide bonds. The van der Waals surface area contributed by atoms with Gasteiger partial charge in [0, 0.05) is 13.1 Å². The highest BCUT2D eigenvalue weighted by Gasteiger charge is 2.39. The largest absolute Gasteiger partial charge is 0.478 e. The second kappa shape index (κ2) is 3.59. The Balaban J connectivity index is 2.37. The standard InChI is InChI=1S/C10H13NO3S/c1-11-4-3-10(14,6-11)8-7(9(12)13)2-5-15-8/h2,5,14H,3-4,6H2,1H3,(H,12,13). The topological polar surface area (TPSA) is 60.8 Å². The minimum Gasteiger partial charge on any atom is -0.478 e. The van der Waals surface area contributed by atoms with Crippen molar-refractivity contribution >= 4 is 17.3 Å². The first-order chi connectivity index (χ1) is 7.03. The Labute approximate surface area is 91.8 Å². The number of thiophene rings is 1. The van der Waals surface area contributed by atoms with Crippen LogP contribution in [0.1, 0.15) is 21.7 Å². The van der Waals surface area contributed by atoms with E-state index in [0.717, 1.165) is 6.54 Å². The van der Waals surface area contributed by atoms with E-state index in [9.17, 15) is 9.90 Å². The van der Waals surface area contributed by atoms with E-state index in [1.54, 1.807) is 11.4 Å². The van der Waals surface area contributed by atoms with Crippen LogP contribution < -0.4 is 0 Å². The van der Waals surface area contributed by atoms with Gasteiger partial charge in [0.2, 0.25) is 0 Å². The van der Waals surface area contributed by atoms with Gasteiger partial charge < -0.3 is 15.1 Å². The molecule has 0 radical (unpaired) electrons. The number of aromatic carboxylic acids is 1. The molecule has 0 bridgehead atoms. The van der Waals surface area contributed by atoms with Crippen LogP contribution in [0.25, 0.3) is 0 Å². The van der Waals surface area contributed by atoms with Crippen molar-refractivity contribution in [1.82, 2.24) is 4.90 Å². The number of carboxylic acids is 1. The smallest absolute Gasteiger partial charge is 0.336 e. The molecule has 2 rings (SSSR count). The van der Waals surface area contributed by atoms with E-state index < -0.39 is 11.6 Å². The Hall–Kier alpha value is -0.910. The number of aliphatic hydroxyl groups is 1. The molecule has 1 atom stereocenters. The van der Waals surface area contributed by atoms with Gasteiger partial charge in [-0.15, -0.1) is 11.3 Å². The highest BCUT2D eigenvalue weighted by Crippen LogP contribution is 2.36. The zero-order chi connectivity index (χ0) is 11.1. The quantitative estimate of drug-likeness (QED) is 0.790. The molecule has 0 aromatic carbocycles. The number of carboxylic acid groups (broad SMARTS) is 1. The summed E-state index contributed by atoms with van der Waals surface area (Å²) in [5, 5.41) is 21.1. The van der Waals surface area contributed by atoms with Crippen LogP contribution in [-0.4, -0.2) is 41.2 Å². The Morgan fingerprint density at radius 1 is 1.67 bits per heavy atom. The van der Waals surface area contributed by atoms with Crippen LogP contribution in [0, 0.1) is 0 Å². The Morgan fingerprint density at radius 3 is 2.93 bits per heavy atom. The van der Waals surface area contributed by atoms with E-state index in [1.165, 1.54) is 11.3 Å². The average molecular weight is 227 g/mol. The number of likely N-dealkylation sites (N-methyl/N-ethyl adjacent to an activating group) is 1. The van der Waals surface area contributed by atoms with Gasteiger partial charge in [-0.25, -0.2) is 4.79 Å². The lowest BCUT2D eigenvalue weighted by Crippen LogP contribution is -2.29. The minimum absolute atomic E-state index is 0.234. The number of hydrogen-bond donors (Lipinski definition) is 2. The van der Waals surface area contributed by atoms with Gasteiger partial charge in [0.25, 0.3) is 0 Å². The van der Waals surface area contributed by atoms with E-state index in [1.807, 2.05) is 11.9 Å². The van der Waals surface area contributed by atoms with Gasteiger partial charge in [-0.3, -0.25) is 0 Å². The van der Waals surface area contributed by atoms with Gasteiger partial charge in [0.15, 0.2) is 0 Å². The van der Waals surface area contributed by atoms with Crippen molar-refractivity contribution < 1.29 is 15.0 Å². The maximum absolute atomic E-state index is 10.9. The van der Waals surface area contributed by atoms with Crippen molar-refractivity contribution in [3.8, 4) is 0 Å². The molecule has 0 saturated carbocycles. The van der Waals surface area contributed by atoms with Crippen LogP contribution in [-0.2, 0) is 5.60 Å². The summed E-state index contributed by atoms with van der Waals surface area (Å²) in [4.78, 5) is 13.5. The lowest BCUT2D eigenvalue weighted by molar-refractivity contribution is 0.0484. The van der Waals surface area contributed by atoms with Crippen LogP contribution in [0.15, 0.2) is 11.4 Å². The third kappa shape index (κ3) is 1.78. The molecule has 0 aliphatic carbocycles.